The number of hydrogen-bond donors (Lipinski definition) is 2. The van der Waals surface area contributed by atoms with E-state index in [1.54, 1.807) is 0 Å². The molecule has 0 aliphatic carbocycles. The van der Waals surface area contributed by atoms with Crippen molar-refractivity contribution in [1.82, 2.24) is 0 Å². The van der Waals surface area contributed by atoms with E-state index in [1.165, 1.54) is 18.2 Å². The third kappa shape index (κ3) is 3.96. The molecule has 0 aromatic heterocycles. The molecule has 0 radical (unpaired) electrons. The Labute approximate surface area is 170 Å². The van der Waals surface area contributed by atoms with E-state index in [1.807, 2.05) is 4.90 Å². The summed E-state index contributed by atoms with van der Waals surface area (Å²) in [7, 11) is 0. The van der Waals surface area contributed by atoms with Crippen molar-refractivity contribution < 1.29 is 27.2 Å². The zero-order chi connectivity index (χ0) is 21.5. The van der Waals surface area contributed by atoms with Gasteiger partial charge in [0.15, 0.2) is 0 Å². The number of anilines is 3. The summed E-state index contributed by atoms with van der Waals surface area (Å²) >= 11 is 0. The van der Waals surface area contributed by atoms with Crippen molar-refractivity contribution in [2.45, 2.75) is 31.4 Å². The molecule has 2 aliphatic heterocycles. The van der Waals surface area contributed by atoms with Crippen LogP contribution in [0.1, 0.15) is 36.3 Å². The van der Waals surface area contributed by atoms with E-state index in [2.05, 4.69) is 10.6 Å². The molecule has 0 bridgehead atoms. The number of carbonyl (C=O) groups is 2. The Hall–Kier alpha value is -3.10. The second-order valence-electron chi connectivity index (χ2n) is 7.45. The number of nitrogens with one attached hydrogen (secondary N) is 2. The highest BCUT2D eigenvalue weighted by Gasteiger charge is 2.34. The van der Waals surface area contributed by atoms with Crippen LogP contribution in [-0.4, -0.2) is 24.9 Å². The molecule has 2 amide bonds. The van der Waals surface area contributed by atoms with Crippen molar-refractivity contribution in [3.05, 3.63) is 53.3 Å². The van der Waals surface area contributed by atoms with Crippen LogP contribution in [0.3, 0.4) is 0 Å². The first-order chi connectivity index (χ1) is 14.2. The Bertz CT molecular complexity index is 1000. The number of benzene rings is 2. The maximum Gasteiger partial charge on any atom is 0.416 e. The lowest BCUT2D eigenvalue weighted by Crippen LogP contribution is -2.31. The first-order valence-electron chi connectivity index (χ1n) is 9.59. The number of amides is 2. The average Bonchev–Trinajstić information content (AvgIpc) is 3.20. The minimum Gasteiger partial charge on any atom is -0.370 e. The van der Waals surface area contributed by atoms with Crippen LogP contribution in [0.4, 0.5) is 34.6 Å². The van der Waals surface area contributed by atoms with Crippen LogP contribution in [0.25, 0.3) is 0 Å². The third-order valence-corrected chi connectivity index (χ3v) is 5.40. The highest BCUT2D eigenvalue weighted by Crippen LogP contribution is 2.38. The van der Waals surface area contributed by atoms with Gasteiger partial charge in [-0.15, -0.1) is 0 Å². The quantitative estimate of drug-likeness (QED) is 0.717. The smallest absolute Gasteiger partial charge is 0.370 e. The average molecular weight is 421 g/mol. The summed E-state index contributed by atoms with van der Waals surface area (Å²) in [5, 5.41) is 5.11. The molecule has 2 aromatic rings. The molecule has 0 spiro atoms. The fourth-order valence-electron chi connectivity index (χ4n) is 3.94. The van der Waals surface area contributed by atoms with Crippen molar-refractivity contribution in [2.75, 3.05) is 28.6 Å². The Morgan fingerprint density at radius 3 is 2.53 bits per heavy atom. The van der Waals surface area contributed by atoms with Crippen LogP contribution in [0.15, 0.2) is 36.4 Å². The van der Waals surface area contributed by atoms with Crippen LogP contribution in [0, 0.1) is 5.82 Å². The fourth-order valence-corrected chi connectivity index (χ4v) is 3.94. The number of nitrogens with zero attached hydrogens (tertiary/aromatic N) is 1. The van der Waals surface area contributed by atoms with E-state index >= 15 is 0 Å². The molecule has 1 atom stereocenters. The zero-order valence-electron chi connectivity index (χ0n) is 15.9. The van der Waals surface area contributed by atoms with E-state index in [0.717, 1.165) is 31.0 Å². The number of halogens is 4. The van der Waals surface area contributed by atoms with E-state index in [-0.39, 0.29) is 17.8 Å². The highest BCUT2D eigenvalue weighted by molar-refractivity contribution is 6.06. The minimum atomic E-state index is -4.56. The summed E-state index contributed by atoms with van der Waals surface area (Å²) in [5.74, 6) is -2.57. The highest BCUT2D eigenvalue weighted by atomic mass is 19.4. The third-order valence-electron chi connectivity index (χ3n) is 5.40. The van der Waals surface area contributed by atoms with Gasteiger partial charge in [0.05, 0.1) is 22.9 Å². The summed E-state index contributed by atoms with van der Waals surface area (Å²) in [5.41, 5.74) is 0.294. The van der Waals surface area contributed by atoms with E-state index < -0.39 is 35.3 Å². The molecule has 158 valence electrons. The molecule has 2 N–H and O–H groups in total. The van der Waals surface area contributed by atoms with Gasteiger partial charge in [-0.2, -0.15) is 13.2 Å². The largest absolute Gasteiger partial charge is 0.416 e. The molecule has 1 saturated heterocycles. The summed E-state index contributed by atoms with van der Waals surface area (Å²) in [6, 6.07) is 6.97. The molecule has 2 aliphatic rings. The molecule has 2 heterocycles. The van der Waals surface area contributed by atoms with Gasteiger partial charge in [-0.25, -0.2) is 4.39 Å². The van der Waals surface area contributed by atoms with Crippen LogP contribution >= 0.6 is 0 Å². The van der Waals surface area contributed by atoms with Gasteiger partial charge in [-0.1, -0.05) is 6.07 Å². The van der Waals surface area contributed by atoms with E-state index in [0.29, 0.717) is 24.3 Å². The topological polar surface area (TPSA) is 61.4 Å². The predicted octanol–water partition coefficient (Wildman–Crippen LogP) is 4.51. The van der Waals surface area contributed by atoms with E-state index in [9.17, 15) is 27.2 Å². The first-order valence-corrected chi connectivity index (χ1v) is 9.59. The predicted molar refractivity (Wildman–Crippen MR) is 104 cm³/mol. The summed E-state index contributed by atoms with van der Waals surface area (Å²) < 4.78 is 53.2. The molecule has 2 aromatic carbocycles. The summed E-state index contributed by atoms with van der Waals surface area (Å²) in [6.07, 6.45) is -2.91. The maximum atomic E-state index is 13.5. The van der Waals surface area contributed by atoms with Crippen molar-refractivity contribution in [3.8, 4) is 0 Å². The molecular weight excluding hydrogens is 402 g/mol. The lowest BCUT2D eigenvalue weighted by atomic mass is 9.89. The summed E-state index contributed by atoms with van der Waals surface area (Å²) in [6.45, 7) is 1.37. The molecule has 9 heteroatoms. The van der Waals surface area contributed by atoms with Crippen LogP contribution in [-0.2, 0) is 15.8 Å². The standard InChI is InChI=1S/C21H19F4N3O2/c22-13-4-5-14-15(11-19(29)26-16(14)10-13)20(30)27-17-9-12(21(23,24)25)3-6-18(17)28-7-1-2-8-28/h3-6,9-10,15H,1-2,7-8,11H2,(H,26,29)(H,27,30). The second kappa shape index (κ2) is 7.62. The van der Waals surface area contributed by atoms with Crippen molar-refractivity contribution in [2.24, 2.45) is 0 Å². The molecule has 30 heavy (non-hydrogen) atoms. The van der Waals surface area contributed by atoms with Crippen molar-refractivity contribution >= 4 is 28.9 Å². The van der Waals surface area contributed by atoms with Crippen LogP contribution in [0.5, 0.6) is 0 Å². The van der Waals surface area contributed by atoms with Crippen LogP contribution in [0.2, 0.25) is 0 Å². The number of carbonyl (C=O) groups excluding carboxylic acids is 2. The normalized spacial score (nSPS) is 18.7. The SMILES string of the molecule is O=C1CC(C(=O)Nc2cc(C(F)(F)F)ccc2N2CCCC2)c2ccc(F)cc2N1. The van der Waals surface area contributed by atoms with Gasteiger partial charge in [0.25, 0.3) is 0 Å². The minimum absolute atomic E-state index is 0.0476. The van der Waals surface area contributed by atoms with Crippen molar-refractivity contribution in [1.29, 1.82) is 0 Å². The maximum absolute atomic E-state index is 13.5. The second-order valence-corrected chi connectivity index (χ2v) is 7.45. The number of hydrogen-bond acceptors (Lipinski definition) is 3. The van der Waals surface area contributed by atoms with Gasteiger partial charge in [0.1, 0.15) is 5.82 Å². The van der Waals surface area contributed by atoms with E-state index in [4.69, 9.17) is 0 Å². The Kier molecular flexibility index (Phi) is 5.13. The van der Waals surface area contributed by atoms with Crippen molar-refractivity contribution in [3.63, 3.8) is 0 Å². The first kappa shape index (κ1) is 20.2. The van der Waals surface area contributed by atoms with Gasteiger partial charge < -0.3 is 15.5 Å². The molecule has 0 saturated carbocycles. The number of alkyl halides is 3. The zero-order valence-corrected chi connectivity index (χ0v) is 15.9. The molecular formula is C21H19F4N3O2. The van der Waals surface area contributed by atoms with Crippen LogP contribution < -0.4 is 15.5 Å². The monoisotopic (exact) mass is 421 g/mol. The molecule has 1 unspecified atom stereocenters. The number of rotatable bonds is 3. The van der Waals surface area contributed by atoms with Gasteiger partial charge >= 0.3 is 6.18 Å². The van der Waals surface area contributed by atoms with Gasteiger partial charge in [0.2, 0.25) is 11.8 Å². The lowest BCUT2D eigenvalue weighted by molar-refractivity contribution is -0.137. The Balaban J connectivity index is 1.68. The lowest BCUT2D eigenvalue weighted by Gasteiger charge is -2.27. The molecule has 1 fully saturated rings. The molecule has 4 rings (SSSR count). The van der Waals surface area contributed by atoms with Gasteiger partial charge in [0, 0.05) is 25.2 Å². The van der Waals surface area contributed by atoms with Gasteiger partial charge in [-0.3, -0.25) is 9.59 Å². The Morgan fingerprint density at radius 1 is 1.10 bits per heavy atom. The Morgan fingerprint density at radius 2 is 1.83 bits per heavy atom. The summed E-state index contributed by atoms with van der Waals surface area (Å²) in [4.78, 5) is 26.9. The van der Waals surface area contributed by atoms with Gasteiger partial charge in [-0.05, 0) is 48.7 Å². The fraction of sp³-hybridized carbons (Fsp3) is 0.333. The molecule has 5 nitrogen and oxygen atoms in total. The number of fused-ring (bicyclic) bond motifs is 1.